The Hall–Kier alpha value is -1.34. The van der Waals surface area contributed by atoms with Crippen LogP contribution < -0.4 is 5.32 Å². The van der Waals surface area contributed by atoms with Crippen molar-refractivity contribution >= 4 is 34.4 Å². The molecule has 0 radical (unpaired) electrons. The van der Waals surface area contributed by atoms with Crippen molar-refractivity contribution in [2.45, 2.75) is 29.5 Å². The minimum atomic E-state index is -1.28. The molecule has 1 aromatic carbocycles. The maximum Gasteiger partial charge on any atom is 0.327 e. The highest BCUT2D eigenvalue weighted by Crippen LogP contribution is 2.36. The van der Waals surface area contributed by atoms with Crippen LogP contribution in [-0.2, 0) is 26.8 Å². The van der Waals surface area contributed by atoms with Crippen molar-refractivity contribution in [3.63, 3.8) is 0 Å². The molecule has 5 nitrogen and oxygen atoms in total. The van der Waals surface area contributed by atoms with Crippen molar-refractivity contribution in [3.8, 4) is 0 Å². The van der Waals surface area contributed by atoms with Crippen LogP contribution in [0.2, 0.25) is 0 Å². The fourth-order valence-corrected chi connectivity index (χ4v) is 5.30. The van der Waals surface area contributed by atoms with Crippen LogP contribution in [0.1, 0.15) is 12.5 Å². The summed E-state index contributed by atoms with van der Waals surface area (Å²) in [6, 6.07) is 6.97. The summed E-state index contributed by atoms with van der Waals surface area (Å²) in [5.74, 6) is -1.20. The number of aliphatic carboxylic acids is 1. The Morgan fingerprint density at radius 3 is 2.81 bits per heavy atom. The van der Waals surface area contributed by atoms with Gasteiger partial charge in [-0.05, 0) is 18.1 Å². The number of carbonyl (C=O) groups is 2. The average molecular weight is 327 g/mol. The SMILES string of the molecule is CC(=O)N[C@@H](CS(=O)CC1Cc2ccccc2S1)C(=O)O. The maximum absolute atomic E-state index is 12.1. The molecule has 0 aromatic heterocycles. The molecule has 2 N–H and O–H groups in total. The van der Waals surface area contributed by atoms with Crippen LogP contribution in [0.4, 0.5) is 0 Å². The van der Waals surface area contributed by atoms with E-state index in [-0.39, 0.29) is 11.0 Å². The predicted octanol–water partition coefficient (Wildman–Crippen LogP) is 1.04. The van der Waals surface area contributed by atoms with Gasteiger partial charge >= 0.3 is 5.97 Å². The summed E-state index contributed by atoms with van der Waals surface area (Å²) in [6.07, 6.45) is 0.852. The van der Waals surface area contributed by atoms with Crippen LogP contribution in [0.15, 0.2) is 29.2 Å². The van der Waals surface area contributed by atoms with Crippen LogP contribution >= 0.6 is 11.8 Å². The van der Waals surface area contributed by atoms with Gasteiger partial charge in [-0.3, -0.25) is 9.00 Å². The number of carboxylic acid groups (broad SMARTS) is 1. The smallest absolute Gasteiger partial charge is 0.327 e. The third-order valence-electron chi connectivity index (χ3n) is 3.11. The number of thioether (sulfide) groups is 1. The first-order valence-electron chi connectivity index (χ1n) is 6.55. The van der Waals surface area contributed by atoms with E-state index in [1.54, 1.807) is 11.8 Å². The largest absolute Gasteiger partial charge is 0.480 e. The van der Waals surface area contributed by atoms with Gasteiger partial charge in [-0.1, -0.05) is 18.2 Å². The van der Waals surface area contributed by atoms with Crippen molar-refractivity contribution < 1.29 is 18.9 Å². The normalized spacial score (nSPS) is 19.6. The lowest BCUT2D eigenvalue weighted by molar-refractivity contribution is -0.140. The van der Waals surface area contributed by atoms with E-state index in [0.717, 1.165) is 6.42 Å². The van der Waals surface area contributed by atoms with Crippen molar-refractivity contribution in [1.82, 2.24) is 5.32 Å². The molecule has 21 heavy (non-hydrogen) atoms. The lowest BCUT2D eigenvalue weighted by Crippen LogP contribution is -2.44. The van der Waals surface area contributed by atoms with E-state index in [0.29, 0.717) is 5.75 Å². The molecule has 0 saturated heterocycles. The first kappa shape index (κ1) is 16.0. The quantitative estimate of drug-likeness (QED) is 0.816. The molecule has 2 rings (SSSR count). The van der Waals surface area contributed by atoms with Gasteiger partial charge in [0.15, 0.2) is 0 Å². The Morgan fingerprint density at radius 2 is 2.19 bits per heavy atom. The molecule has 0 aliphatic carbocycles. The monoisotopic (exact) mass is 327 g/mol. The lowest BCUT2D eigenvalue weighted by Gasteiger charge is -2.14. The fraction of sp³-hybridized carbons (Fsp3) is 0.429. The molecule has 0 saturated carbocycles. The number of fused-ring (bicyclic) bond motifs is 1. The third kappa shape index (κ3) is 4.57. The van der Waals surface area contributed by atoms with Gasteiger partial charge in [-0.2, -0.15) is 0 Å². The summed E-state index contributed by atoms with van der Waals surface area (Å²) in [6.45, 7) is 1.25. The predicted molar refractivity (Wildman–Crippen MR) is 82.9 cm³/mol. The molecular formula is C14H17NO4S2. The highest BCUT2D eigenvalue weighted by atomic mass is 32.2. The minimum absolute atomic E-state index is 0.0533. The molecule has 0 fully saturated rings. The lowest BCUT2D eigenvalue weighted by atomic mass is 10.1. The Labute approximate surface area is 130 Å². The molecule has 1 aromatic rings. The summed E-state index contributed by atoms with van der Waals surface area (Å²) in [5.41, 5.74) is 1.25. The molecule has 2 unspecified atom stereocenters. The zero-order valence-electron chi connectivity index (χ0n) is 11.6. The molecule has 0 spiro atoms. The van der Waals surface area contributed by atoms with Gasteiger partial charge in [0.2, 0.25) is 5.91 Å². The van der Waals surface area contributed by atoms with Gasteiger partial charge in [0.1, 0.15) is 6.04 Å². The summed E-state index contributed by atoms with van der Waals surface area (Å²) < 4.78 is 12.1. The second kappa shape index (κ2) is 7.09. The highest BCUT2D eigenvalue weighted by Gasteiger charge is 2.26. The van der Waals surface area contributed by atoms with E-state index in [1.807, 2.05) is 18.2 Å². The van der Waals surface area contributed by atoms with Crippen LogP contribution in [-0.4, -0.2) is 44.0 Å². The molecule has 1 aliphatic heterocycles. The van der Waals surface area contributed by atoms with Crippen LogP contribution in [0.5, 0.6) is 0 Å². The number of hydrogen-bond acceptors (Lipinski definition) is 4. The van der Waals surface area contributed by atoms with Gasteiger partial charge in [0.05, 0.1) is 5.75 Å². The highest BCUT2D eigenvalue weighted by molar-refractivity contribution is 8.01. The molecule has 1 aliphatic rings. The van der Waals surface area contributed by atoms with E-state index < -0.39 is 28.7 Å². The zero-order valence-corrected chi connectivity index (χ0v) is 13.2. The number of carboxylic acids is 1. The number of hydrogen-bond donors (Lipinski definition) is 2. The van der Waals surface area contributed by atoms with Crippen molar-refractivity contribution in [2.75, 3.05) is 11.5 Å². The molecule has 7 heteroatoms. The first-order valence-corrected chi connectivity index (χ1v) is 8.92. The van der Waals surface area contributed by atoms with E-state index in [4.69, 9.17) is 5.11 Å². The number of amides is 1. The van der Waals surface area contributed by atoms with Gasteiger partial charge in [-0.25, -0.2) is 4.79 Å². The number of benzene rings is 1. The minimum Gasteiger partial charge on any atom is -0.480 e. The van der Waals surface area contributed by atoms with Crippen molar-refractivity contribution in [3.05, 3.63) is 29.8 Å². The Balaban J connectivity index is 1.88. The standard InChI is InChI=1S/C14H17NO4S2/c1-9(16)15-12(14(17)18)8-21(19)7-11-6-10-4-2-3-5-13(10)20-11/h2-5,11-12H,6-8H2,1H3,(H,15,16)(H,17,18)/t11?,12-,21?/m0/s1. The second-order valence-corrected chi connectivity index (χ2v) is 7.80. The zero-order chi connectivity index (χ0) is 15.4. The number of nitrogens with one attached hydrogen (secondary N) is 1. The van der Waals surface area contributed by atoms with Gasteiger partial charge in [0.25, 0.3) is 0 Å². The third-order valence-corrected chi connectivity index (χ3v) is 6.12. The van der Waals surface area contributed by atoms with Crippen molar-refractivity contribution in [1.29, 1.82) is 0 Å². The Morgan fingerprint density at radius 1 is 1.48 bits per heavy atom. The Bertz CT molecular complexity index is 551. The van der Waals surface area contributed by atoms with E-state index >= 15 is 0 Å². The summed E-state index contributed by atoms with van der Waals surface area (Å²) in [7, 11) is -1.28. The van der Waals surface area contributed by atoms with Gasteiger partial charge in [-0.15, -0.1) is 11.8 Å². The fourth-order valence-electron chi connectivity index (χ4n) is 2.23. The topological polar surface area (TPSA) is 83.5 Å². The first-order chi connectivity index (χ1) is 9.95. The molecule has 3 atom stereocenters. The van der Waals surface area contributed by atoms with E-state index in [1.165, 1.54) is 17.4 Å². The van der Waals surface area contributed by atoms with Crippen LogP contribution in [0.25, 0.3) is 0 Å². The summed E-state index contributed by atoms with van der Waals surface area (Å²) in [5, 5.41) is 11.5. The molecule has 114 valence electrons. The number of carbonyl (C=O) groups excluding carboxylic acids is 1. The molecule has 1 heterocycles. The average Bonchev–Trinajstić information content (AvgIpc) is 2.79. The maximum atomic E-state index is 12.1. The molecule has 1 amide bonds. The van der Waals surface area contributed by atoms with Crippen LogP contribution in [0.3, 0.4) is 0 Å². The summed E-state index contributed by atoms with van der Waals surface area (Å²) >= 11 is 1.69. The van der Waals surface area contributed by atoms with Crippen LogP contribution in [0, 0.1) is 0 Å². The Kier molecular flexibility index (Phi) is 5.41. The van der Waals surface area contributed by atoms with Gasteiger partial charge in [0, 0.05) is 33.6 Å². The van der Waals surface area contributed by atoms with E-state index in [9.17, 15) is 13.8 Å². The van der Waals surface area contributed by atoms with E-state index in [2.05, 4.69) is 11.4 Å². The second-order valence-electron chi connectivity index (χ2n) is 4.92. The molecular weight excluding hydrogens is 310 g/mol. The van der Waals surface area contributed by atoms with Gasteiger partial charge < -0.3 is 10.4 Å². The van der Waals surface area contributed by atoms with Crippen molar-refractivity contribution in [2.24, 2.45) is 0 Å². The molecule has 0 bridgehead atoms. The summed E-state index contributed by atoms with van der Waals surface area (Å²) in [4.78, 5) is 23.2. The number of rotatable bonds is 6.